The van der Waals surface area contributed by atoms with Gasteiger partial charge in [0, 0.05) is 13.2 Å². The minimum atomic E-state index is -3.48. The van der Waals surface area contributed by atoms with Crippen LogP contribution < -0.4 is 10.5 Å². The molecule has 90 valence electrons. The number of nitrogens with zero attached hydrogens (tertiary/aromatic N) is 1. The maximum atomic E-state index is 11.8. The normalized spacial score (nSPS) is 21.4. The molecule has 8 heteroatoms. The molecule has 1 fully saturated rings. The zero-order valence-electron chi connectivity index (χ0n) is 8.55. The smallest absolute Gasteiger partial charge is 0.251 e. The molecule has 6 nitrogen and oxygen atoms in total. The minimum absolute atomic E-state index is 0.0138. The van der Waals surface area contributed by atoms with E-state index in [-0.39, 0.29) is 15.4 Å². The SMILES string of the molecule is Nc1ncc(S(=O)(=O)NC[C@@H]2CCCO2)s1. The summed E-state index contributed by atoms with van der Waals surface area (Å²) >= 11 is 0.953. The van der Waals surface area contributed by atoms with Gasteiger partial charge in [-0.2, -0.15) is 0 Å². The van der Waals surface area contributed by atoms with Crippen LogP contribution in [0, 0.1) is 0 Å². The first-order chi connectivity index (χ1) is 7.58. The highest BCUT2D eigenvalue weighted by molar-refractivity contribution is 7.91. The van der Waals surface area contributed by atoms with Crippen molar-refractivity contribution in [2.45, 2.75) is 23.2 Å². The van der Waals surface area contributed by atoms with Crippen LogP contribution in [-0.2, 0) is 14.8 Å². The van der Waals surface area contributed by atoms with Gasteiger partial charge in [-0.05, 0) is 12.8 Å². The van der Waals surface area contributed by atoms with Crippen LogP contribution in [0.3, 0.4) is 0 Å². The first-order valence-corrected chi connectivity index (χ1v) is 7.20. The van der Waals surface area contributed by atoms with Gasteiger partial charge < -0.3 is 10.5 Å². The van der Waals surface area contributed by atoms with Crippen LogP contribution in [0.1, 0.15) is 12.8 Å². The van der Waals surface area contributed by atoms with E-state index in [1.54, 1.807) is 0 Å². The van der Waals surface area contributed by atoms with Gasteiger partial charge >= 0.3 is 0 Å². The van der Waals surface area contributed by atoms with E-state index < -0.39 is 10.0 Å². The average molecular weight is 263 g/mol. The Morgan fingerprint density at radius 1 is 1.69 bits per heavy atom. The van der Waals surface area contributed by atoms with Gasteiger partial charge in [-0.1, -0.05) is 11.3 Å². The number of nitrogens with two attached hydrogens (primary N) is 1. The molecule has 1 aliphatic rings. The van der Waals surface area contributed by atoms with Crippen LogP contribution in [-0.4, -0.2) is 32.7 Å². The number of hydrogen-bond donors (Lipinski definition) is 2. The van der Waals surface area contributed by atoms with Gasteiger partial charge in [0.05, 0.1) is 12.3 Å². The van der Waals surface area contributed by atoms with Crippen LogP contribution in [0.4, 0.5) is 5.13 Å². The second kappa shape index (κ2) is 4.66. The van der Waals surface area contributed by atoms with E-state index in [0.29, 0.717) is 13.2 Å². The van der Waals surface area contributed by atoms with Crippen LogP contribution in [0.25, 0.3) is 0 Å². The molecule has 3 N–H and O–H groups in total. The fourth-order valence-electron chi connectivity index (χ4n) is 1.48. The summed E-state index contributed by atoms with van der Waals surface area (Å²) in [5.74, 6) is 0. The average Bonchev–Trinajstić information content (AvgIpc) is 2.85. The molecule has 0 bridgehead atoms. The van der Waals surface area contributed by atoms with E-state index in [4.69, 9.17) is 10.5 Å². The summed E-state index contributed by atoms with van der Waals surface area (Å²) in [4.78, 5) is 3.71. The first-order valence-electron chi connectivity index (χ1n) is 4.90. The molecule has 2 heterocycles. The number of nitrogen functional groups attached to an aromatic ring is 1. The number of hydrogen-bond acceptors (Lipinski definition) is 6. The van der Waals surface area contributed by atoms with Crippen molar-refractivity contribution in [3.8, 4) is 0 Å². The van der Waals surface area contributed by atoms with E-state index in [2.05, 4.69) is 9.71 Å². The topological polar surface area (TPSA) is 94.3 Å². The molecule has 0 aromatic carbocycles. The highest BCUT2D eigenvalue weighted by Gasteiger charge is 2.21. The van der Waals surface area contributed by atoms with E-state index in [0.717, 1.165) is 24.2 Å². The first kappa shape index (κ1) is 11.8. The summed E-state index contributed by atoms with van der Waals surface area (Å²) in [5.41, 5.74) is 5.38. The zero-order chi connectivity index (χ0) is 11.6. The number of nitrogens with one attached hydrogen (secondary N) is 1. The van der Waals surface area contributed by atoms with E-state index >= 15 is 0 Å². The van der Waals surface area contributed by atoms with Crippen LogP contribution in [0.15, 0.2) is 10.4 Å². The van der Waals surface area contributed by atoms with Crippen molar-refractivity contribution < 1.29 is 13.2 Å². The van der Waals surface area contributed by atoms with Gasteiger partial charge in [-0.15, -0.1) is 0 Å². The van der Waals surface area contributed by atoms with Gasteiger partial charge in [-0.25, -0.2) is 18.1 Å². The molecular weight excluding hydrogens is 250 g/mol. The summed E-state index contributed by atoms with van der Waals surface area (Å²) in [7, 11) is -3.48. The summed E-state index contributed by atoms with van der Waals surface area (Å²) in [6, 6.07) is 0. The van der Waals surface area contributed by atoms with Crippen molar-refractivity contribution in [2.24, 2.45) is 0 Å². The number of rotatable bonds is 4. The Labute approximate surface area is 97.9 Å². The highest BCUT2D eigenvalue weighted by atomic mass is 32.2. The van der Waals surface area contributed by atoms with Crippen molar-refractivity contribution in [1.82, 2.24) is 9.71 Å². The zero-order valence-corrected chi connectivity index (χ0v) is 10.2. The fourth-order valence-corrected chi connectivity index (χ4v) is 3.50. The quantitative estimate of drug-likeness (QED) is 0.808. The van der Waals surface area contributed by atoms with Gasteiger partial charge in [-0.3, -0.25) is 0 Å². The van der Waals surface area contributed by atoms with Crippen molar-refractivity contribution in [3.05, 3.63) is 6.20 Å². The number of thiazole rings is 1. The summed E-state index contributed by atoms with van der Waals surface area (Å²) < 4.78 is 31.5. The summed E-state index contributed by atoms with van der Waals surface area (Å²) in [6.07, 6.45) is 3.13. The Balaban J connectivity index is 1.97. The molecule has 16 heavy (non-hydrogen) atoms. The molecule has 0 aliphatic carbocycles. The second-order valence-electron chi connectivity index (χ2n) is 3.50. The van der Waals surface area contributed by atoms with Crippen molar-refractivity contribution in [3.63, 3.8) is 0 Å². The summed E-state index contributed by atoms with van der Waals surface area (Å²) in [6.45, 7) is 1.01. The van der Waals surface area contributed by atoms with Crippen LogP contribution in [0.5, 0.6) is 0 Å². The Morgan fingerprint density at radius 2 is 2.50 bits per heavy atom. The van der Waals surface area contributed by atoms with Gasteiger partial charge in [0.2, 0.25) is 0 Å². The lowest BCUT2D eigenvalue weighted by molar-refractivity contribution is 0.114. The molecule has 0 saturated carbocycles. The number of aromatic nitrogens is 1. The lowest BCUT2D eigenvalue weighted by Crippen LogP contribution is -2.31. The van der Waals surface area contributed by atoms with E-state index in [1.165, 1.54) is 6.20 Å². The van der Waals surface area contributed by atoms with Crippen LogP contribution in [0.2, 0.25) is 0 Å². The largest absolute Gasteiger partial charge is 0.377 e. The van der Waals surface area contributed by atoms with E-state index in [9.17, 15) is 8.42 Å². The molecule has 2 rings (SSSR count). The Kier molecular flexibility index (Phi) is 3.43. The van der Waals surface area contributed by atoms with Crippen molar-refractivity contribution >= 4 is 26.5 Å². The predicted octanol–water partition coefficient (Wildman–Crippen LogP) is 0.183. The Hall–Kier alpha value is -0.700. The van der Waals surface area contributed by atoms with Gasteiger partial charge in [0.25, 0.3) is 10.0 Å². The molecule has 1 aromatic heterocycles. The number of sulfonamides is 1. The molecule has 0 amide bonds. The van der Waals surface area contributed by atoms with Crippen molar-refractivity contribution in [1.29, 1.82) is 0 Å². The molecule has 1 aliphatic heterocycles. The minimum Gasteiger partial charge on any atom is -0.377 e. The molecule has 0 spiro atoms. The molecule has 1 atom stereocenters. The standard InChI is InChI=1S/C8H13N3O3S2/c9-8-10-5-7(15-8)16(12,13)11-4-6-2-1-3-14-6/h5-6,11H,1-4H2,(H2,9,10)/t6-/m0/s1. The van der Waals surface area contributed by atoms with Crippen molar-refractivity contribution in [2.75, 3.05) is 18.9 Å². The Bertz CT molecular complexity index is 451. The monoisotopic (exact) mass is 263 g/mol. The fraction of sp³-hybridized carbons (Fsp3) is 0.625. The summed E-state index contributed by atoms with van der Waals surface area (Å²) in [5, 5.41) is 0.248. The predicted molar refractivity (Wildman–Crippen MR) is 60.7 cm³/mol. The molecular formula is C8H13N3O3S2. The van der Waals surface area contributed by atoms with Crippen LogP contribution >= 0.6 is 11.3 Å². The third kappa shape index (κ3) is 2.70. The lowest BCUT2D eigenvalue weighted by atomic mass is 10.2. The van der Waals surface area contributed by atoms with Gasteiger partial charge in [0.1, 0.15) is 0 Å². The van der Waals surface area contributed by atoms with Gasteiger partial charge in [0.15, 0.2) is 9.34 Å². The number of ether oxygens (including phenoxy) is 1. The maximum absolute atomic E-state index is 11.8. The molecule has 0 radical (unpaired) electrons. The Morgan fingerprint density at radius 3 is 3.06 bits per heavy atom. The third-order valence-electron chi connectivity index (χ3n) is 2.29. The van der Waals surface area contributed by atoms with E-state index in [1.807, 2.05) is 0 Å². The molecule has 1 aromatic rings. The second-order valence-corrected chi connectivity index (χ2v) is 6.56. The lowest BCUT2D eigenvalue weighted by Gasteiger charge is -2.09. The maximum Gasteiger partial charge on any atom is 0.251 e. The molecule has 0 unspecified atom stereocenters. The third-order valence-corrected chi connectivity index (χ3v) is 5.00. The molecule has 1 saturated heterocycles. The highest BCUT2D eigenvalue weighted by Crippen LogP contribution is 2.20. The number of anilines is 1.